The van der Waals surface area contributed by atoms with Gasteiger partial charge in [0.25, 0.3) is 0 Å². The van der Waals surface area contributed by atoms with E-state index >= 15 is 0 Å². The van der Waals surface area contributed by atoms with Gasteiger partial charge in [-0.3, -0.25) is 14.6 Å². The zero-order valence-electron chi connectivity index (χ0n) is 12.8. The van der Waals surface area contributed by atoms with Crippen molar-refractivity contribution in [1.29, 1.82) is 0 Å². The second-order valence-electron chi connectivity index (χ2n) is 5.31. The Kier molecular flexibility index (Phi) is 4.69. The number of rotatable bonds is 4. The fourth-order valence-corrected chi connectivity index (χ4v) is 3.18. The second kappa shape index (κ2) is 6.75. The number of aliphatic imine (C=N–C) groups is 1. The molecule has 1 aliphatic heterocycles. The van der Waals surface area contributed by atoms with E-state index in [1.54, 1.807) is 12.1 Å². The number of Topliss-reactive ketones (excluding diaryl/α,β-unsaturated/α-hetero) is 1. The van der Waals surface area contributed by atoms with Crippen LogP contribution in [0.5, 0.6) is 0 Å². The molecule has 122 valence electrons. The number of carbonyl (C=O) groups is 2. The molecule has 1 atom stereocenters. The number of ketones is 1. The lowest BCUT2D eigenvalue weighted by atomic mass is 9.95. The summed E-state index contributed by atoms with van der Waals surface area (Å²) in [6.07, 6.45) is 0.0195. The van der Waals surface area contributed by atoms with Crippen LogP contribution in [0, 0.1) is 0 Å². The molecule has 0 aromatic heterocycles. The summed E-state index contributed by atoms with van der Waals surface area (Å²) in [5, 5.41) is 0.736. The quantitative estimate of drug-likeness (QED) is 0.603. The van der Waals surface area contributed by atoms with Crippen molar-refractivity contribution in [2.45, 2.75) is 12.5 Å². The molecule has 3 rings (SSSR count). The van der Waals surface area contributed by atoms with E-state index in [9.17, 15) is 9.59 Å². The van der Waals surface area contributed by atoms with E-state index in [1.807, 2.05) is 24.3 Å². The van der Waals surface area contributed by atoms with Gasteiger partial charge in [0.05, 0.1) is 24.3 Å². The third-order valence-corrected chi connectivity index (χ3v) is 4.38. The molecule has 0 saturated heterocycles. The lowest BCUT2D eigenvalue weighted by Gasteiger charge is -2.10. The zero-order valence-corrected chi connectivity index (χ0v) is 14.3. The normalized spacial score (nSPS) is 15.6. The van der Waals surface area contributed by atoms with Crippen LogP contribution in [0.3, 0.4) is 0 Å². The maximum Gasteiger partial charge on any atom is 0.311 e. The van der Waals surface area contributed by atoms with E-state index < -0.39 is 12.0 Å². The van der Waals surface area contributed by atoms with Crippen molar-refractivity contribution in [3.63, 3.8) is 0 Å². The van der Waals surface area contributed by atoms with E-state index in [1.165, 1.54) is 13.2 Å². The second-order valence-corrected chi connectivity index (χ2v) is 6.15. The van der Waals surface area contributed by atoms with Crippen molar-refractivity contribution >= 4 is 40.7 Å². The average Bonchev–Trinajstić information content (AvgIpc) is 2.93. The minimum Gasteiger partial charge on any atom is -0.469 e. The van der Waals surface area contributed by atoms with Crippen LogP contribution < -0.4 is 0 Å². The lowest BCUT2D eigenvalue weighted by Crippen LogP contribution is -2.10. The highest BCUT2D eigenvalue weighted by atomic mass is 35.5. The molecular formula is C18H13Cl2NO3. The van der Waals surface area contributed by atoms with Gasteiger partial charge in [0.1, 0.15) is 6.04 Å². The molecule has 1 unspecified atom stereocenters. The monoisotopic (exact) mass is 361 g/mol. The summed E-state index contributed by atoms with van der Waals surface area (Å²) in [6.45, 7) is 0. The van der Waals surface area contributed by atoms with Gasteiger partial charge in [0, 0.05) is 16.1 Å². The highest BCUT2D eigenvalue weighted by Crippen LogP contribution is 2.35. The number of halogens is 2. The minimum absolute atomic E-state index is 0.0195. The largest absolute Gasteiger partial charge is 0.469 e. The van der Waals surface area contributed by atoms with E-state index in [2.05, 4.69) is 4.99 Å². The predicted octanol–water partition coefficient (Wildman–Crippen LogP) is 4.28. The Labute approximate surface area is 149 Å². The van der Waals surface area contributed by atoms with Crippen LogP contribution in [-0.4, -0.2) is 24.6 Å². The Morgan fingerprint density at radius 1 is 1.17 bits per heavy atom. The summed E-state index contributed by atoms with van der Waals surface area (Å²) in [5.74, 6) is -0.634. The van der Waals surface area contributed by atoms with Crippen LogP contribution in [0.25, 0.3) is 0 Å². The Morgan fingerprint density at radius 2 is 1.92 bits per heavy atom. The molecule has 24 heavy (non-hydrogen) atoms. The van der Waals surface area contributed by atoms with Crippen LogP contribution >= 0.6 is 23.2 Å². The summed E-state index contributed by atoms with van der Waals surface area (Å²) in [5.41, 5.74) is 2.43. The minimum atomic E-state index is -0.723. The van der Waals surface area contributed by atoms with Gasteiger partial charge in [-0.15, -0.1) is 0 Å². The van der Waals surface area contributed by atoms with Crippen LogP contribution in [0.4, 0.5) is 0 Å². The van der Waals surface area contributed by atoms with Crippen molar-refractivity contribution in [3.8, 4) is 0 Å². The van der Waals surface area contributed by atoms with Gasteiger partial charge < -0.3 is 4.74 Å². The SMILES string of the molecule is COC(=O)CC1=NC(C(=O)c2ccc(Cl)cc2Cl)c2ccccc21. The molecule has 0 amide bonds. The first kappa shape index (κ1) is 16.7. The number of methoxy groups -OCH3 is 1. The Morgan fingerprint density at radius 3 is 2.62 bits per heavy atom. The number of esters is 1. The third-order valence-electron chi connectivity index (χ3n) is 3.84. The zero-order chi connectivity index (χ0) is 17.3. The van der Waals surface area contributed by atoms with Gasteiger partial charge in [-0.1, -0.05) is 47.5 Å². The van der Waals surface area contributed by atoms with Crippen molar-refractivity contribution < 1.29 is 14.3 Å². The molecule has 0 radical (unpaired) electrons. The number of benzene rings is 2. The number of ether oxygens (including phenoxy) is 1. The molecular weight excluding hydrogens is 349 g/mol. The van der Waals surface area contributed by atoms with Crippen molar-refractivity contribution in [3.05, 3.63) is 69.2 Å². The van der Waals surface area contributed by atoms with Crippen LogP contribution in [0.15, 0.2) is 47.5 Å². The fraction of sp³-hybridized carbons (Fsp3) is 0.167. The van der Waals surface area contributed by atoms with E-state index in [0.29, 0.717) is 16.3 Å². The molecule has 2 aromatic rings. The first-order chi connectivity index (χ1) is 11.5. The lowest BCUT2D eigenvalue weighted by molar-refractivity contribution is -0.139. The molecule has 4 nitrogen and oxygen atoms in total. The highest BCUT2D eigenvalue weighted by Gasteiger charge is 2.32. The summed E-state index contributed by atoms with van der Waals surface area (Å²) < 4.78 is 4.70. The Bertz CT molecular complexity index is 861. The van der Waals surface area contributed by atoms with Crippen LogP contribution in [0.1, 0.15) is 33.9 Å². The first-order valence-corrected chi connectivity index (χ1v) is 7.99. The maximum absolute atomic E-state index is 12.9. The molecule has 0 N–H and O–H groups in total. The van der Waals surface area contributed by atoms with Gasteiger partial charge in [0.15, 0.2) is 5.78 Å². The number of carbonyl (C=O) groups excluding carboxylic acids is 2. The maximum atomic E-state index is 12.9. The van der Waals surface area contributed by atoms with Gasteiger partial charge in [-0.25, -0.2) is 0 Å². The standard InChI is InChI=1S/C18H13Cl2NO3/c1-24-16(22)9-15-11-4-2-3-5-12(11)17(21-15)18(23)13-7-6-10(19)8-14(13)20/h2-8,17H,9H2,1H3. The third kappa shape index (κ3) is 3.07. The molecule has 0 bridgehead atoms. The Hall–Kier alpha value is -2.17. The molecule has 0 fully saturated rings. The van der Waals surface area contributed by atoms with Gasteiger partial charge in [-0.05, 0) is 23.8 Å². The van der Waals surface area contributed by atoms with Crippen molar-refractivity contribution in [2.24, 2.45) is 4.99 Å². The first-order valence-electron chi connectivity index (χ1n) is 7.23. The average molecular weight is 362 g/mol. The van der Waals surface area contributed by atoms with E-state index in [4.69, 9.17) is 27.9 Å². The van der Waals surface area contributed by atoms with E-state index in [0.717, 1.165) is 11.1 Å². The molecule has 0 saturated carbocycles. The molecule has 6 heteroatoms. The van der Waals surface area contributed by atoms with Crippen LogP contribution in [-0.2, 0) is 9.53 Å². The van der Waals surface area contributed by atoms with Crippen LogP contribution in [0.2, 0.25) is 10.0 Å². The van der Waals surface area contributed by atoms with Crippen molar-refractivity contribution in [1.82, 2.24) is 0 Å². The topological polar surface area (TPSA) is 55.7 Å². The molecule has 0 aliphatic carbocycles. The van der Waals surface area contributed by atoms with Gasteiger partial charge in [0.2, 0.25) is 0 Å². The van der Waals surface area contributed by atoms with E-state index in [-0.39, 0.29) is 17.2 Å². The number of fused-ring (bicyclic) bond motifs is 1. The molecule has 1 aliphatic rings. The molecule has 2 aromatic carbocycles. The number of hydrogen-bond donors (Lipinski definition) is 0. The molecule has 1 heterocycles. The van der Waals surface area contributed by atoms with Gasteiger partial charge >= 0.3 is 5.97 Å². The summed E-state index contributed by atoms with van der Waals surface area (Å²) in [7, 11) is 1.32. The van der Waals surface area contributed by atoms with Crippen molar-refractivity contribution in [2.75, 3.05) is 7.11 Å². The van der Waals surface area contributed by atoms with Gasteiger partial charge in [-0.2, -0.15) is 0 Å². The number of nitrogens with zero attached hydrogens (tertiary/aromatic N) is 1. The fourth-order valence-electron chi connectivity index (χ4n) is 2.68. The predicted molar refractivity (Wildman–Crippen MR) is 93.1 cm³/mol. The molecule has 0 spiro atoms. The highest BCUT2D eigenvalue weighted by molar-refractivity contribution is 6.37. The summed E-state index contributed by atoms with van der Waals surface area (Å²) >= 11 is 12.0. The summed E-state index contributed by atoms with van der Waals surface area (Å²) in [4.78, 5) is 28.9. The smallest absolute Gasteiger partial charge is 0.311 e. The summed E-state index contributed by atoms with van der Waals surface area (Å²) in [6, 6.07) is 11.3. The number of hydrogen-bond acceptors (Lipinski definition) is 4. The Balaban J connectivity index is 2.01.